The summed E-state index contributed by atoms with van der Waals surface area (Å²) in [7, 11) is 0. The molecule has 0 fully saturated rings. The van der Waals surface area contributed by atoms with E-state index >= 15 is 0 Å². The van der Waals surface area contributed by atoms with Crippen molar-refractivity contribution in [1.29, 1.82) is 0 Å². The molecular formula is C14H12F3NO3. The van der Waals surface area contributed by atoms with Crippen LogP contribution in [-0.2, 0) is 11.0 Å². The van der Waals surface area contributed by atoms with Gasteiger partial charge in [-0.1, -0.05) is 6.08 Å². The monoisotopic (exact) mass is 299 g/mol. The minimum Gasteiger partial charge on any atom is -0.356 e. The summed E-state index contributed by atoms with van der Waals surface area (Å²) >= 11 is 0. The van der Waals surface area contributed by atoms with Gasteiger partial charge in [-0.15, -0.1) is 6.42 Å². The van der Waals surface area contributed by atoms with Gasteiger partial charge in [-0.2, -0.15) is 13.2 Å². The number of benzene rings is 1. The summed E-state index contributed by atoms with van der Waals surface area (Å²) < 4.78 is 37.0. The molecule has 0 aliphatic rings. The molecule has 0 radical (unpaired) electrons. The van der Waals surface area contributed by atoms with Gasteiger partial charge in [0.15, 0.2) is 0 Å². The number of amides is 1. The van der Waals surface area contributed by atoms with E-state index in [2.05, 4.69) is 5.32 Å². The highest BCUT2D eigenvalue weighted by Gasteiger charge is 2.29. The normalized spacial score (nSPS) is 12.2. The van der Waals surface area contributed by atoms with E-state index in [4.69, 9.17) is 16.6 Å². The fourth-order valence-electron chi connectivity index (χ4n) is 1.32. The number of alkyl halides is 3. The number of carbonyl (C=O) groups is 1. The number of hydrogen-bond acceptors (Lipinski definition) is 3. The molecule has 0 bridgehead atoms. The van der Waals surface area contributed by atoms with Crippen LogP contribution >= 0.6 is 0 Å². The molecule has 1 amide bonds. The van der Waals surface area contributed by atoms with Crippen molar-refractivity contribution in [2.75, 3.05) is 5.32 Å². The van der Waals surface area contributed by atoms with Gasteiger partial charge in [0.1, 0.15) is 0 Å². The van der Waals surface area contributed by atoms with Gasteiger partial charge in [0.25, 0.3) is 0 Å². The molecule has 0 saturated carbocycles. The molecule has 112 valence electrons. The maximum atomic E-state index is 12.3. The van der Waals surface area contributed by atoms with E-state index in [1.165, 1.54) is 0 Å². The first-order chi connectivity index (χ1) is 9.64. The van der Waals surface area contributed by atoms with Crippen molar-refractivity contribution in [3.63, 3.8) is 0 Å². The zero-order chi connectivity index (χ0) is 16.1. The minimum atomic E-state index is -4.44. The third-order valence-electron chi connectivity index (χ3n) is 2.38. The number of terminal acetylenes is 1. The van der Waals surface area contributed by atoms with E-state index < -0.39 is 23.4 Å². The Morgan fingerprint density at radius 3 is 2.33 bits per heavy atom. The molecular weight excluding hydrogens is 287 g/mol. The molecule has 0 aromatic heterocycles. The Labute approximate surface area is 118 Å². The van der Waals surface area contributed by atoms with Gasteiger partial charge in [-0.05, 0) is 36.3 Å². The van der Waals surface area contributed by atoms with E-state index in [9.17, 15) is 18.0 Å². The lowest BCUT2D eigenvalue weighted by molar-refractivity contribution is -0.137. The zero-order valence-electron chi connectivity index (χ0n) is 10.7. The number of rotatable bonds is 4. The fourth-order valence-corrected chi connectivity index (χ4v) is 1.32. The quantitative estimate of drug-likeness (QED) is 0.452. The van der Waals surface area contributed by atoms with Crippen molar-refractivity contribution in [2.45, 2.75) is 18.4 Å². The van der Waals surface area contributed by atoms with Crippen LogP contribution in [0.25, 0.3) is 0 Å². The molecule has 1 rings (SSSR count). The smallest absolute Gasteiger partial charge is 0.356 e. The Kier molecular flexibility index (Phi) is 5.13. The van der Waals surface area contributed by atoms with Crippen LogP contribution in [0.1, 0.15) is 12.0 Å². The van der Waals surface area contributed by atoms with Crippen LogP contribution in [0.15, 0.2) is 36.4 Å². The van der Waals surface area contributed by atoms with Crippen molar-refractivity contribution in [3.8, 4) is 12.3 Å². The zero-order valence-corrected chi connectivity index (χ0v) is 10.7. The van der Waals surface area contributed by atoms with Crippen LogP contribution in [0.2, 0.25) is 0 Å². The largest absolute Gasteiger partial charge is 0.416 e. The number of nitrogens with one attached hydrogen (secondary N) is 1. The molecule has 0 aliphatic heterocycles. The highest BCUT2D eigenvalue weighted by atomic mass is 19.4. The first kappa shape index (κ1) is 16.8. The number of halogens is 3. The number of anilines is 1. The van der Waals surface area contributed by atoms with Crippen LogP contribution in [0.5, 0.6) is 0 Å². The van der Waals surface area contributed by atoms with E-state index in [0.29, 0.717) is 0 Å². The Hall–Kier alpha value is -2.30. The summed E-state index contributed by atoms with van der Waals surface area (Å²) in [5.41, 5.74) is -0.649. The SMILES string of the molecule is C#CC(O)(O)CC=CC(=O)Nc1ccc(C(F)(F)F)cc1. The second-order valence-electron chi connectivity index (χ2n) is 4.13. The van der Waals surface area contributed by atoms with Crippen molar-refractivity contribution < 1.29 is 28.2 Å². The lowest BCUT2D eigenvalue weighted by atomic mass is 10.2. The summed E-state index contributed by atoms with van der Waals surface area (Å²) in [6.07, 6.45) is 2.16. The molecule has 21 heavy (non-hydrogen) atoms. The summed E-state index contributed by atoms with van der Waals surface area (Å²) in [6, 6.07) is 3.89. The molecule has 0 heterocycles. The lowest BCUT2D eigenvalue weighted by Gasteiger charge is -2.10. The van der Waals surface area contributed by atoms with E-state index in [0.717, 1.165) is 36.4 Å². The number of aliphatic hydroxyl groups is 2. The molecule has 0 saturated heterocycles. The summed E-state index contributed by atoms with van der Waals surface area (Å²) in [4.78, 5) is 11.4. The highest BCUT2D eigenvalue weighted by molar-refractivity contribution is 5.99. The Morgan fingerprint density at radius 1 is 1.29 bits per heavy atom. The van der Waals surface area contributed by atoms with Crippen LogP contribution < -0.4 is 5.32 Å². The van der Waals surface area contributed by atoms with Gasteiger partial charge in [-0.3, -0.25) is 4.79 Å². The first-order valence-corrected chi connectivity index (χ1v) is 5.71. The summed E-state index contributed by atoms with van der Waals surface area (Å²) in [6.45, 7) is 0. The van der Waals surface area contributed by atoms with Gasteiger partial charge in [0.05, 0.1) is 5.56 Å². The van der Waals surface area contributed by atoms with E-state index in [1.54, 1.807) is 5.92 Å². The molecule has 7 heteroatoms. The second kappa shape index (κ2) is 6.43. The molecule has 4 nitrogen and oxygen atoms in total. The average molecular weight is 299 g/mol. The molecule has 3 N–H and O–H groups in total. The van der Waals surface area contributed by atoms with Crippen LogP contribution in [0.3, 0.4) is 0 Å². The fraction of sp³-hybridized carbons (Fsp3) is 0.214. The first-order valence-electron chi connectivity index (χ1n) is 5.71. The van der Waals surface area contributed by atoms with Crippen LogP contribution in [0.4, 0.5) is 18.9 Å². The predicted molar refractivity (Wildman–Crippen MR) is 69.8 cm³/mol. The van der Waals surface area contributed by atoms with Crippen molar-refractivity contribution in [1.82, 2.24) is 0 Å². The molecule has 0 unspecified atom stereocenters. The standard InChI is InChI=1S/C14H12F3NO3/c1-2-13(20,21)9-3-4-12(19)18-11-7-5-10(6-8-11)14(15,16)17/h1,3-8,20-21H,9H2,(H,18,19). The summed E-state index contributed by atoms with van der Waals surface area (Å²) in [5, 5.41) is 20.4. The van der Waals surface area contributed by atoms with Gasteiger partial charge < -0.3 is 15.5 Å². The predicted octanol–water partition coefficient (Wildman–Crippen LogP) is 1.90. The topological polar surface area (TPSA) is 69.6 Å². The molecule has 1 aromatic rings. The maximum Gasteiger partial charge on any atom is 0.416 e. The van der Waals surface area contributed by atoms with Crippen molar-refractivity contribution >= 4 is 11.6 Å². The third-order valence-corrected chi connectivity index (χ3v) is 2.38. The maximum absolute atomic E-state index is 12.3. The second-order valence-corrected chi connectivity index (χ2v) is 4.13. The van der Waals surface area contributed by atoms with Gasteiger partial charge in [0.2, 0.25) is 11.7 Å². The Balaban J connectivity index is 2.60. The van der Waals surface area contributed by atoms with Gasteiger partial charge in [-0.25, -0.2) is 0 Å². The van der Waals surface area contributed by atoms with Gasteiger partial charge in [0, 0.05) is 12.1 Å². The third kappa shape index (κ3) is 5.69. The van der Waals surface area contributed by atoms with E-state index in [1.807, 2.05) is 0 Å². The van der Waals surface area contributed by atoms with E-state index in [-0.39, 0.29) is 12.1 Å². The number of hydrogen-bond donors (Lipinski definition) is 3. The molecule has 0 aliphatic carbocycles. The number of carbonyl (C=O) groups excluding carboxylic acids is 1. The molecule has 1 aromatic carbocycles. The van der Waals surface area contributed by atoms with Crippen molar-refractivity contribution in [2.24, 2.45) is 0 Å². The average Bonchev–Trinajstić information content (AvgIpc) is 2.38. The lowest BCUT2D eigenvalue weighted by Crippen LogP contribution is -2.24. The van der Waals surface area contributed by atoms with Gasteiger partial charge >= 0.3 is 6.18 Å². The van der Waals surface area contributed by atoms with Crippen LogP contribution in [-0.4, -0.2) is 21.9 Å². The van der Waals surface area contributed by atoms with Crippen LogP contribution in [0, 0.1) is 12.3 Å². The minimum absolute atomic E-state index is 0.175. The molecule has 0 atom stereocenters. The van der Waals surface area contributed by atoms with Crippen molar-refractivity contribution in [3.05, 3.63) is 42.0 Å². The Bertz CT molecular complexity index is 569. The summed E-state index contributed by atoms with van der Waals surface area (Å²) in [5.74, 6) is -1.27. The Morgan fingerprint density at radius 2 is 1.86 bits per heavy atom. The highest BCUT2D eigenvalue weighted by Crippen LogP contribution is 2.29. The molecule has 0 spiro atoms.